The highest BCUT2D eigenvalue weighted by atomic mass is 32.1. The Morgan fingerprint density at radius 3 is 2.76 bits per heavy atom. The van der Waals surface area contributed by atoms with E-state index in [1.54, 1.807) is 11.3 Å². The van der Waals surface area contributed by atoms with E-state index in [9.17, 15) is 0 Å². The summed E-state index contributed by atoms with van der Waals surface area (Å²) in [6.45, 7) is 4.22. The van der Waals surface area contributed by atoms with Gasteiger partial charge in [-0.3, -0.25) is 0 Å². The van der Waals surface area contributed by atoms with E-state index in [0.717, 1.165) is 40.9 Å². The fraction of sp³-hybridized carbons (Fsp3) is 0.478. The van der Waals surface area contributed by atoms with E-state index in [1.807, 2.05) is 6.07 Å². The lowest BCUT2D eigenvalue weighted by Gasteiger charge is -2.21. The van der Waals surface area contributed by atoms with Crippen LogP contribution in [-0.4, -0.2) is 29.7 Å². The summed E-state index contributed by atoms with van der Waals surface area (Å²) in [5.74, 6) is 4.23. The van der Waals surface area contributed by atoms with Gasteiger partial charge in [0.25, 0.3) is 0 Å². The predicted octanol–water partition coefficient (Wildman–Crippen LogP) is 5.47. The Balaban J connectivity index is 1.34. The van der Waals surface area contributed by atoms with Crippen molar-refractivity contribution in [3.63, 3.8) is 0 Å². The number of rotatable bonds is 5. The molecule has 0 radical (unpaired) electrons. The van der Waals surface area contributed by atoms with E-state index >= 15 is 0 Å². The van der Waals surface area contributed by atoms with Crippen LogP contribution in [-0.2, 0) is 6.42 Å². The van der Waals surface area contributed by atoms with Gasteiger partial charge in [-0.2, -0.15) is 0 Å². The Morgan fingerprint density at radius 1 is 1.07 bits per heavy atom. The van der Waals surface area contributed by atoms with Gasteiger partial charge in [0.15, 0.2) is 11.5 Å². The number of ether oxygens (including phenoxy) is 2. The first kappa shape index (κ1) is 18.7. The maximum absolute atomic E-state index is 5.71. The summed E-state index contributed by atoms with van der Waals surface area (Å²) < 4.78 is 11.3. The van der Waals surface area contributed by atoms with Crippen LogP contribution in [0.4, 0.5) is 5.82 Å². The number of benzene rings is 1. The minimum Gasteiger partial charge on any atom is -0.486 e. The number of thiophene rings is 1. The lowest BCUT2D eigenvalue weighted by molar-refractivity contribution is 0.171. The average Bonchev–Trinajstić information content (AvgIpc) is 3.15. The van der Waals surface area contributed by atoms with Crippen LogP contribution in [0, 0.1) is 6.92 Å². The lowest BCUT2D eigenvalue weighted by atomic mass is 9.88. The van der Waals surface area contributed by atoms with Crippen molar-refractivity contribution >= 4 is 27.4 Å². The second kappa shape index (κ2) is 8.19. The molecule has 2 aromatic heterocycles. The molecule has 0 spiro atoms. The summed E-state index contributed by atoms with van der Waals surface area (Å²) in [5.41, 5.74) is 2.49. The number of nitrogens with one attached hydrogen (secondary N) is 1. The number of aryl methyl sites for hydroxylation is 1. The molecule has 6 heteroatoms. The van der Waals surface area contributed by atoms with Gasteiger partial charge in [-0.25, -0.2) is 9.97 Å². The maximum Gasteiger partial charge on any atom is 0.161 e. The molecule has 0 bridgehead atoms. The van der Waals surface area contributed by atoms with Gasteiger partial charge in [0.1, 0.15) is 29.7 Å². The van der Waals surface area contributed by atoms with Crippen molar-refractivity contribution in [2.24, 2.45) is 0 Å². The highest BCUT2D eigenvalue weighted by molar-refractivity contribution is 7.17. The summed E-state index contributed by atoms with van der Waals surface area (Å²) in [6.07, 6.45) is 7.27. The minimum atomic E-state index is 0.508. The van der Waals surface area contributed by atoms with Crippen LogP contribution in [0.5, 0.6) is 11.5 Å². The Hall–Kier alpha value is -2.34. The standard InChI is InChI=1S/C23H27N3O2S/c1-15-14-29-23-20(15)22(25-21(26-23)17-5-3-2-4-6-17)24-10-9-16-7-8-18-19(13-16)28-12-11-27-18/h7-8,13-14,17H,2-6,9-12H2,1H3,(H,24,25,26). The Bertz CT molecular complexity index is 1010. The van der Waals surface area contributed by atoms with Gasteiger partial charge >= 0.3 is 0 Å². The quantitative estimate of drug-likeness (QED) is 0.605. The van der Waals surface area contributed by atoms with Gasteiger partial charge in [0.05, 0.1) is 5.39 Å². The topological polar surface area (TPSA) is 56.3 Å². The van der Waals surface area contributed by atoms with Crippen LogP contribution < -0.4 is 14.8 Å². The summed E-state index contributed by atoms with van der Waals surface area (Å²) >= 11 is 1.73. The second-order valence-electron chi connectivity index (χ2n) is 8.02. The Morgan fingerprint density at radius 2 is 1.90 bits per heavy atom. The second-order valence-corrected chi connectivity index (χ2v) is 8.88. The molecule has 1 aliphatic carbocycles. The SMILES string of the molecule is Cc1csc2nc(C3CCCCC3)nc(NCCc3ccc4c(c3)OCCO4)c12. The van der Waals surface area contributed by atoms with Gasteiger partial charge in [-0.05, 0) is 54.8 Å². The number of anilines is 1. The zero-order valence-electron chi connectivity index (χ0n) is 16.9. The third kappa shape index (κ3) is 3.90. The van der Waals surface area contributed by atoms with E-state index in [0.29, 0.717) is 19.1 Å². The molecule has 0 unspecified atom stereocenters. The van der Waals surface area contributed by atoms with Crippen molar-refractivity contribution < 1.29 is 9.47 Å². The van der Waals surface area contributed by atoms with Crippen LogP contribution >= 0.6 is 11.3 Å². The molecule has 29 heavy (non-hydrogen) atoms. The average molecular weight is 410 g/mol. The van der Waals surface area contributed by atoms with Crippen molar-refractivity contribution in [3.8, 4) is 11.5 Å². The summed E-state index contributed by atoms with van der Waals surface area (Å²) in [4.78, 5) is 11.0. The van der Waals surface area contributed by atoms with Crippen molar-refractivity contribution in [1.82, 2.24) is 9.97 Å². The minimum absolute atomic E-state index is 0.508. The highest BCUT2D eigenvalue weighted by Crippen LogP contribution is 2.36. The predicted molar refractivity (Wildman–Crippen MR) is 118 cm³/mol. The van der Waals surface area contributed by atoms with Crippen LogP contribution in [0.2, 0.25) is 0 Å². The monoisotopic (exact) mass is 409 g/mol. The number of nitrogens with zero attached hydrogens (tertiary/aromatic N) is 2. The number of aromatic nitrogens is 2. The number of hydrogen-bond donors (Lipinski definition) is 1. The van der Waals surface area contributed by atoms with E-state index in [-0.39, 0.29) is 0 Å². The summed E-state index contributed by atoms with van der Waals surface area (Å²) in [7, 11) is 0. The highest BCUT2D eigenvalue weighted by Gasteiger charge is 2.21. The molecule has 1 fully saturated rings. The fourth-order valence-electron chi connectivity index (χ4n) is 4.34. The van der Waals surface area contributed by atoms with E-state index in [2.05, 4.69) is 29.8 Å². The van der Waals surface area contributed by atoms with E-state index in [4.69, 9.17) is 19.4 Å². The smallest absolute Gasteiger partial charge is 0.161 e. The molecule has 5 rings (SSSR count). The van der Waals surface area contributed by atoms with E-state index < -0.39 is 0 Å². The molecule has 3 aromatic rings. The fourth-order valence-corrected chi connectivity index (χ4v) is 5.27. The van der Waals surface area contributed by atoms with Crippen molar-refractivity contribution in [2.75, 3.05) is 25.1 Å². The molecule has 0 atom stereocenters. The molecule has 1 N–H and O–H groups in total. The van der Waals surface area contributed by atoms with Crippen LogP contribution in [0.25, 0.3) is 10.2 Å². The molecule has 1 aliphatic heterocycles. The van der Waals surface area contributed by atoms with Crippen molar-refractivity contribution in [3.05, 3.63) is 40.5 Å². The molecule has 3 heterocycles. The summed E-state index contributed by atoms with van der Waals surface area (Å²) in [5, 5.41) is 6.97. The molecule has 5 nitrogen and oxygen atoms in total. The molecule has 152 valence electrons. The van der Waals surface area contributed by atoms with Crippen LogP contribution in [0.3, 0.4) is 0 Å². The molecular formula is C23H27N3O2S. The molecule has 1 saturated carbocycles. The zero-order chi connectivity index (χ0) is 19.6. The first-order chi connectivity index (χ1) is 14.3. The van der Waals surface area contributed by atoms with Gasteiger partial charge in [0.2, 0.25) is 0 Å². The molecular weight excluding hydrogens is 382 g/mol. The maximum atomic E-state index is 5.71. The van der Waals surface area contributed by atoms with Gasteiger partial charge in [-0.15, -0.1) is 11.3 Å². The van der Waals surface area contributed by atoms with Crippen LogP contribution in [0.1, 0.15) is 55.0 Å². The van der Waals surface area contributed by atoms with Gasteiger partial charge in [-0.1, -0.05) is 25.3 Å². The number of hydrogen-bond acceptors (Lipinski definition) is 6. The third-order valence-electron chi connectivity index (χ3n) is 5.92. The molecule has 0 amide bonds. The lowest BCUT2D eigenvalue weighted by Crippen LogP contribution is -2.16. The van der Waals surface area contributed by atoms with Crippen LogP contribution in [0.15, 0.2) is 23.6 Å². The first-order valence-corrected chi connectivity index (χ1v) is 11.5. The number of fused-ring (bicyclic) bond motifs is 2. The Kier molecular flexibility index (Phi) is 5.27. The largest absolute Gasteiger partial charge is 0.486 e. The first-order valence-electron chi connectivity index (χ1n) is 10.7. The molecule has 2 aliphatic rings. The molecule has 1 aromatic carbocycles. The summed E-state index contributed by atoms with van der Waals surface area (Å²) in [6, 6.07) is 6.22. The zero-order valence-corrected chi connectivity index (χ0v) is 17.7. The normalized spacial score (nSPS) is 16.9. The van der Waals surface area contributed by atoms with Crippen molar-refractivity contribution in [1.29, 1.82) is 0 Å². The van der Waals surface area contributed by atoms with Crippen molar-refractivity contribution in [2.45, 2.75) is 51.4 Å². The molecule has 0 saturated heterocycles. The van der Waals surface area contributed by atoms with Gasteiger partial charge in [0, 0.05) is 12.5 Å². The third-order valence-corrected chi connectivity index (χ3v) is 6.91. The van der Waals surface area contributed by atoms with Gasteiger partial charge < -0.3 is 14.8 Å². The van der Waals surface area contributed by atoms with E-state index in [1.165, 1.54) is 48.6 Å². The Labute approximate surface area is 175 Å².